The first-order chi connectivity index (χ1) is 15.0. The standard InChI is InChI=1S/C24H31N3O3S/c1-18(2)9-10-26-17-22(28)27(23(24(26)29)21-4-3-15-31-21)16-19-5-7-20(8-6-19)25-11-13-30-14-12-25/h3-8,15,18,23H,9-14,16-17H2,1-2H3. The number of piperazine rings is 1. The molecule has 2 amide bonds. The average molecular weight is 442 g/mol. The summed E-state index contributed by atoms with van der Waals surface area (Å²) in [5.74, 6) is 0.540. The Morgan fingerprint density at radius 1 is 1.10 bits per heavy atom. The molecule has 0 radical (unpaired) electrons. The van der Waals surface area contributed by atoms with Crippen LogP contribution in [0.3, 0.4) is 0 Å². The second-order valence-corrected chi connectivity index (χ2v) is 9.63. The third kappa shape index (κ3) is 5.10. The summed E-state index contributed by atoms with van der Waals surface area (Å²) in [7, 11) is 0. The van der Waals surface area contributed by atoms with Gasteiger partial charge in [0.05, 0.1) is 19.8 Å². The first-order valence-corrected chi connectivity index (χ1v) is 11.9. The highest BCUT2D eigenvalue weighted by atomic mass is 32.1. The third-order valence-electron chi connectivity index (χ3n) is 5.96. The van der Waals surface area contributed by atoms with E-state index in [1.54, 1.807) is 9.80 Å². The van der Waals surface area contributed by atoms with E-state index in [1.807, 2.05) is 17.5 Å². The number of morpholine rings is 1. The number of nitrogens with zero attached hydrogens (tertiary/aromatic N) is 3. The van der Waals surface area contributed by atoms with Crippen LogP contribution >= 0.6 is 11.3 Å². The van der Waals surface area contributed by atoms with E-state index in [2.05, 4.69) is 43.0 Å². The number of benzene rings is 1. The maximum Gasteiger partial charge on any atom is 0.251 e. The lowest BCUT2D eigenvalue weighted by molar-refractivity contribution is -0.157. The Morgan fingerprint density at radius 2 is 1.84 bits per heavy atom. The van der Waals surface area contributed by atoms with Crippen molar-refractivity contribution < 1.29 is 14.3 Å². The van der Waals surface area contributed by atoms with Gasteiger partial charge in [-0.25, -0.2) is 0 Å². The SMILES string of the molecule is CC(C)CCN1CC(=O)N(Cc2ccc(N3CCOCC3)cc2)C(c2cccs2)C1=O. The normalized spacial score (nSPS) is 20.1. The molecule has 1 atom stereocenters. The van der Waals surface area contributed by atoms with Gasteiger partial charge in [0.1, 0.15) is 6.04 Å². The summed E-state index contributed by atoms with van der Waals surface area (Å²) < 4.78 is 5.43. The minimum Gasteiger partial charge on any atom is -0.378 e. The molecule has 2 saturated heterocycles. The van der Waals surface area contributed by atoms with Gasteiger partial charge in [-0.05, 0) is 41.5 Å². The zero-order chi connectivity index (χ0) is 21.8. The minimum atomic E-state index is -0.535. The predicted octanol–water partition coefficient (Wildman–Crippen LogP) is 3.54. The second kappa shape index (κ2) is 9.83. The van der Waals surface area contributed by atoms with E-state index in [-0.39, 0.29) is 18.4 Å². The summed E-state index contributed by atoms with van der Waals surface area (Å²) in [4.78, 5) is 33.2. The maximum absolute atomic E-state index is 13.4. The van der Waals surface area contributed by atoms with E-state index < -0.39 is 6.04 Å². The van der Waals surface area contributed by atoms with Gasteiger partial charge in [0.15, 0.2) is 0 Å². The van der Waals surface area contributed by atoms with Gasteiger partial charge in [-0.15, -0.1) is 11.3 Å². The van der Waals surface area contributed by atoms with Gasteiger partial charge in [-0.1, -0.05) is 32.0 Å². The topological polar surface area (TPSA) is 53.1 Å². The first kappa shape index (κ1) is 21.8. The molecule has 7 heteroatoms. The van der Waals surface area contributed by atoms with Gasteiger partial charge in [0, 0.05) is 36.7 Å². The summed E-state index contributed by atoms with van der Waals surface area (Å²) in [6, 6.07) is 11.7. The second-order valence-electron chi connectivity index (χ2n) is 8.65. The third-order valence-corrected chi connectivity index (χ3v) is 6.88. The molecule has 166 valence electrons. The molecule has 1 aromatic carbocycles. The molecule has 0 saturated carbocycles. The number of hydrogen-bond acceptors (Lipinski definition) is 5. The van der Waals surface area contributed by atoms with Crippen molar-refractivity contribution in [1.82, 2.24) is 9.80 Å². The Balaban J connectivity index is 1.51. The minimum absolute atomic E-state index is 0.0130. The highest BCUT2D eigenvalue weighted by molar-refractivity contribution is 7.10. The Labute approximate surface area is 188 Å². The number of anilines is 1. The van der Waals surface area contributed by atoms with Crippen molar-refractivity contribution in [2.24, 2.45) is 5.92 Å². The monoisotopic (exact) mass is 441 g/mol. The number of thiophene rings is 1. The van der Waals surface area contributed by atoms with Gasteiger partial charge in [-0.2, -0.15) is 0 Å². The van der Waals surface area contributed by atoms with Crippen LogP contribution in [0.5, 0.6) is 0 Å². The van der Waals surface area contributed by atoms with Crippen LogP contribution in [0.2, 0.25) is 0 Å². The number of ether oxygens (including phenoxy) is 1. The van der Waals surface area contributed by atoms with Crippen molar-refractivity contribution in [3.05, 3.63) is 52.2 Å². The Morgan fingerprint density at radius 3 is 2.48 bits per heavy atom. The Kier molecular flexibility index (Phi) is 6.92. The van der Waals surface area contributed by atoms with Crippen LogP contribution in [0.4, 0.5) is 5.69 Å². The molecule has 2 fully saturated rings. The Hall–Kier alpha value is -2.38. The fourth-order valence-electron chi connectivity index (χ4n) is 4.12. The predicted molar refractivity (Wildman–Crippen MR) is 123 cm³/mol. The van der Waals surface area contributed by atoms with Crippen LogP contribution in [-0.4, -0.2) is 61.0 Å². The van der Waals surface area contributed by atoms with E-state index >= 15 is 0 Å². The van der Waals surface area contributed by atoms with Crippen molar-refractivity contribution in [2.45, 2.75) is 32.9 Å². The van der Waals surface area contributed by atoms with Gasteiger partial charge >= 0.3 is 0 Å². The summed E-state index contributed by atoms with van der Waals surface area (Å²) in [5, 5.41) is 1.97. The number of rotatable bonds is 7. The van der Waals surface area contributed by atoms with Gasteiger partial charge < -0.3 is 19.4 Å². The average Bonchev–Trinajstić information content (AvgIpc) is 3.30. The van der Waals surface area contributed by atoms with E-state index in [9.17, 15) is 9.59 Å². The quantitative estimate of drug-likeness (QED) is 0.660. The van der Waals surface area contributed by atoms with E-state index in [4.69, 9.17) is 4.74 Å². The van der Waals surface area contributed by atoms with Crippen LogP contribution in [0.15, 0.2) is 41.8 Å². The summed E-state index contributed by atoms with van der Waals surface area (Å²) in [6.45, 7) is 8.81. The molecule has 2 aromatic rings. The largest absolute Gasteiger partial charge is 0.378 e. The first-order valence-electron chi connectivity index (χ1n) is 11.1. The van der Waals surface area contributed by atoms with E-state index in [1.165, 1.54) is 17.0 Å². The summed E-state index contributed by atoms with van der Waals surface area (Å²) in [6.07, 6.45) is 0.902. The van der Waals surface area contributed by atoms with E-state index in [0.717, 1.165) is 43.2 Å². The highest BCUT2D eigenvalue weighted by Crippen LogP contribution is 2.32. The molecule has 0 spiro atoms. The number of carbonyl (C=O) groups is 2. The molecule has 4 rings (SSSR count). The number of hydrogen-bond donors (Lipinski definition) is 0. The molecular formula is C24H31N3O3S. The lowest BCUT2D eigenvalue weighted by Gasteiger charge is -2.40. The van der Waals surface area contributed by atoms with Crippen LogP contribution in [0.1, 0.15) is 36.8 Å². The lowest BCUT2D eigenvalue weighted by atomic mass is 10.0. The lowest BCUT2D eigenvalue weighted by Crippen LogP contribution is -2.55. The molecule has 1 aromatic heterocycles. The van der Waals surface area contributed by atoms with Crippen LogP contribution in [0.25, 0.3) is 0 Å². The van der Waals surface area contributed by atoms with Gasteiger partial charge in [-0.3, -0.25) is 9.59 Å². The molecule has 0 aliphatic carbocycles. The molecule has 2 aliphatic heterocycles. The summed E-state index contributed by atoms with van der Waals surface area (Å²) >= 11 is 1.54. The molecule has 6 nitrogen and oxygen atoms in total. The van der Waals surface area contributed by atoms with Gasteiger partial charge in [0.25, 0.3) is 5.91 Å². The van der Waals surface area contributed by atoms with Crippen molar-refractivity contribution in [3.8, 4) is 0 Å². The van der Waals surface area contributed by atoms with Crippen LogP contribution in [-0.2, 0) is 20.9 Å². The zero-order valence-corrected chi connectivity index (χ0v) is 19.1. The van der Waals surface area contributed by atoms with Crippen molar-refractivity contribution in [2.75, 3.05) is 44.3 Å². The molecule has 2 aliphatic rings. The molecule has 0 bridgehead atoms. The molecular weight excluding hydrogens is 410 g/mol. The van der Waals surface area contributed by atoms with Crippen LogP contribution < -0.4 is 4.90 Å². The van der Waals surface area contributed by atoms with Crippen LogP contribution in [0, 0.1) is 5.92 Å². The Bertz CT molecular complexity index is 876. The van der Waals surface area contributed by atoms with Crippen molar-refractivity contribution in [1.29, 1.82) is 0 Å². The number of amides is 2. The number of carbonyl (C=O) groups excluding carboxylic acids is 2. The molecule has 31 heavy (non-hydrogen) atoms. The smallest absolute Gasteiger partial charge is 0.251 e. The fourth-order valence-corrected chi connectivity index (χ4v) is 4.95. The molecule has 0 N–H and O–H groups in total. The highest BCUT2D eigenvalue weighted by Gasteiger charge is 2.40. The fraction of sp³-hybridized carbons (Fsp3) is 0.500. The van der Waals surface area contributed by atoms with Crippen molar-refractivity contribution >= 4 is 28.8 Å². The molecule has 3 heterocycles. The van der Waals surface area contributed by atoms with Crippen molar-refractivity contribution in [3.63, 3.8) is 0 Å². The van der Waals surface area contributed by atoms with Gasteiger partial charge in [0.2, 0.25) is 5.91 Å². The zero-order valence-electron chi connectivity index (χ0n) is 18.3. The summed E-state index contributed by atoms with van der Waals surface area (Å²) in [5.41, 5.74) is 2.21. The van der Waals surface area contributed by atoms with E-state index in [0.29, 0.717) is 19.0 Å². The maximum atomic E-state index is 13.4. The molecule has 1 unspecified atom stereocenters.